The number of nitrogens with zero attached hydrogens (tertiary/aromatic N) is 1. The summed E-state index contributed by atoms with van der Waals surface area (Å²) in [6.45, 7) is 12.9. The van der Waals surface area contributed by atoms with Crippen molar-refractivity contribution < 1.29 is 14.3 Å². The molecule has 0 spiro atoms. The molecule has 0 amide bonds. The zero-order valence-electron chi connectivity index (χ0n) is 22.6. The van der Waals surface area contributed by atoms with E-state index in [1.807, 2.05) is 24.3 Å². The van der Waals surface area contributed by atoms with Crippen LogP contribution in [0, 0.1) is 5.41 Å². The first-order chi connectivity index (χ1) is 17.9. The van der Waals surface area contributed by atoms with Gasteiger partial charge >= 0.3 is 11.6 Å². The minimum absolute atomic E-state index is 0.0648. The molecule has 3 aliphatic rings. The van der Waals surface area contributed by atoms with Crippen LogP contribution < -0.4 is 10.5 Å². The Morgan fingerprint density at radius 3 is 2.66 bits per heavy atom. The monoisotopic (exact) mass is 527 g/mol. The summed E-state index contributed by atoms with van der Waals surface area (Å²) in [5, 5.41) is 10.2. The standard InChI is InChI=1S/C32H33NO4S/c1-18(29(34)35)12-23-8-9-25(38-23)20-7-6-19(13-20)24-15-21-14-22-16-31(2,3)17-33-11-10-32(4,5)26(27(22)33)28(21)37-30(24)36/h6-9,12,14-15H,10-11,13,16-17H2,1-5H3,(H,34,35). The molecule has 5 nitrogen and oxygen atoms in total. The molecular weight excluding hydrogens is 494 g/mol. The van der Waals surface area contributed by atoms with E-state index in [0.29, 0.717) is 17.6 Å². The fraction of sp³-hybridized carbons (Fsp3) is 0.375. The third kappa shape index (κ3) is 4.15. The van der Waals surface area contributed by atoms with E-state index in [1.54, 1.807) is 24.3 Å². The van der Waals surface area contributed by atoms with Gasteiger partial charge in [-0.2, -0.15) is 0 Å². The summed E-state index contributed by atoms with van der Waals surface area (Å²) in [7, 11) is 0. The Hall–Kier alpha value is -3.38. The van der Waals surface area contributed by atoms with Crippen LogP contribution in [0.4, 0.5) is 5.69 Å². The van der Waals surface area contributed by atoms with E-state index in [4.69, 9.17) is 9.52 Å². The van der Waals surface area contributed by atoms with Gasteiger partial charge in [-0.3, -0.25) is 0 Å². The number of anilines is 1. The van der Waals surface area contributed by atoms with E-state index >= 15 is 0 Å². The van der Waals surface area contributed by atoms with E-state index < -0.39 is 5.97 Å². The molecule has 0 bridgehead atoms. The number of carboxylic acid groups (broad SMARTS) is 1. The number of aliphatic carboxylic acids is 1. The molecule has 4 heterocycles. The Balaban J connectivity index is 1.37. The predicted molar refractivity (Wildman–Crippen MR) is 156 cm³/mol. The third-order valence-electron chi connectivity index (χ3n) is 8.21. The van der Waals surface area contributed by atoms with Gasteiger partial charge < -0.3 is 14.4 Å². The lowest BCUT2D eigenvalue weighted by Gasteiger charge is -2.48. The molecule has 0 fully saturated rings. The van der Waals surface area contributed by atoms with Crippen LogP contribution in [0.3, 0.4) is 0 Å². The summed E-state index contributed by atoms with van der Waals surface area (Å²) in [6.07, 6.45) is 8.45. The molecule has 1 N–H and O–H groups in total. The maximum atomic E-state index is 13.4. The van der Waals surface area contributed by atoms with Crippen molar-refractivity contribution in [3.8, 4) is 0 Å². The van der Waals surface area contributed by atoms with E-state index in [1.165, 1.54) is 16.8 Å². The van der Waals surface area contributed by atoms with Gasteiger partial charge in [0, 0.05) is 45.1 Å². The number of benzene rings is 1. The lowest BCUT2D eigenvalue weighted by molar-refractivity contribution is -0.132. The lowest BCUT2D eigenvalue weighted by atomic mass is 9.71. The van der Waals surface area contributed by atoms with Crippen LogP contribution in [0.25, 0.3) is 28.2 Å². The smallest absolute Gasteiger partial charge is 0.343 e. The first-order valence-electron chi connectivity index (χ1n) is 13.2. The number of carbonyl (C=O) groups is 1. The van der Waals surface area contributed by atoms with Gasteiger partial charge in [-0.15, -0.1) is 11.3 Å². The van der Waals surface area contributed by atoms with Crippen LogP contribution in [-0.4, -0.2) is 24.2 Å². The van der Waals surface area contributed by atoms with Gasteiger partial charge in [0.15, 0.2) is 0 Å². The molecule has 3 aromatic rings. The minimum atomic E-state index is -0.915. The highest BCUT2D eigenvalue weighted by molar-refractivity contribution is 7.14. The molecule has 0 saturated heterocycles. The number of hydrogen-bond donors (Lipinski definition) is 1. The van der Waals surface area contributed by atoms with Crippen LogP contribution in [0.15, 0.2) is 51.2 Å². The van der Waals surface area contributed by atoms with Crippen LogP contribution >= 0.6 is 11.3 Å². The number of thiophene rings is 1. The normalized spacial score (nSPS) is 19.8. The first kappa shape index (κ1) is 24.9. The molecule has 2 aromatic heterocycles. The minimum Gasteiger partial charge on any atom is -0.478 e. The molecule has 1 aromatic carbocycles. The topological polar surface area (TPSA) is 70.8 Å². The molecular formula is C32H33NO4S. The van der Waals surface area contributed by atoms with Crippen molar-refractivity contribution in [1.29, 1.82) is 0 Å². The van der Waals surface area contributed by atoms with Gasteiger partial charge in [0.1, 0.15) is 5.58 Å². The van der Waals surface area contributed by atoms with Crippen molar-refractivity contribution >= 4 is 51.2 Å². The fourth-order valence-electron chi connectivity index (χ4n) is 6.32. The number of fused-ring (bicyclic) bond motifs is 2. The summed E-state index contributed by atoms with van der Waals surface area (Å²) in [5.41, 5.74) is 7.41. The van der Waals surface area contributed by atoms with Crippen LogP contribution in [-0.2, 0) is 16.6 Å². The maximum absolute atomic E-state index is 13.4. The largest absolute Gasteiger partial charge is 0.478 e. The summed E-state index contributed by atoms with van der Waals surface area (Å²) in [6, 6.07) is 8.25. The van der Waals surface area contributed by atoms with Crippen LogP contribution in [0.2, 0.25) is 0 Å². The molecule has 0 saturated carbocycles. The van der Waals surface area contributed by atoms with Gasteiger partial charge in [-0.1, -0.05) is 39.8 Å². The second-order valence-corrected chi connectivity index (χ2v) is 13.5. The van der Waals surface area contributed by atoms with Crippen LogP contribution in [0.5, 0.6) is 0 Å². The summed E-state index contributed by atoms with van der Waals surface area (Å²) >= 11 is 1.56. The number of rotatable bonds is 4. The Bertz CT molecular complexity index is 1660. The Labute approximate surface area is 226 Å². The first-order valence-corrected chi connectivity index (χ1v) is 14.0. The Kier molecular flexibility index (Phi) is 5.62. The van der Waals surface area contributed by atoms with Crippen molar-refractivity contribution in [1.82, 2.24) is 0 Å². The van der Waals surface area contributed by atoms with Crippen molar-refractivity contribution in [2.45, 2.75) is 59.3 Å². The zero-order chi connectivity index (χ0) is 27.0. The fourth-order valence-corrected chi connectivity index (χ4v) is 7.35. The Morgan fingerprint density at radius 2 is 1.89 bits per heavy atom. The highest BCUT2D eigenvalue weighted by Crippen LogP contribution is 2.50. The highest BCUT2D eigenvalue weighted by atomic mass is 32.1. The molecule has 0 atom stereocenters. The molecule has 1 aliphatic carbocycles. The molecule has 38 heavy (non-hydrogen) atoms. The second-order valence-electron chi connectivity index (χ2n) is 12.4. The second kappa shape index (κ2) is 8.57. The van der Waals surface area contributed by atoms with E-state index in [-0.39, 0.29) is 16.5 Å². The van der Waals surface area contributed by atoms with Gasteiger partial charge in [-0.05, 0) is 84.1 Å². The number of carboxylic acids is 1. The maximum Gasteiger partial charge on any atom is 0.343 e. The van der Waals surface area contributed by atoms with Gasteiger partial charge in [0.2, 0.25) is 0 Å². The number of allylic oxidation sites excluding steroid dienone is 4. The molecule has 0 unspecified atom stereocenters. The van der Waals surface area contributed by atoms with Gasteiger partial charge in [-0.25, -0.2) is 9.59 Å². The lowest BCUT2D eigenvalue weighted by Crippen LogP contribution is -2.46. The molecule has 2 aliphatic heterocycles. The quantitative estimate of drug-likeness (QED) is 0.285. The zero-order valence-corrected chi connectivity index (χ0v) is 23.4. The van der Waals surface area contributed by atoms with Crippen molar-refractivity contribution in [2.75, 3.05) is 18.0 Å². The van der Waals surface area contributed by atoms with Crippen molar-refractivity contribution in [2.24, 2.45) is 5.41 Å². The molecule has 6 heteroatoms. The molecule has 0 radical (unpaired) electrons. The summed E-state index contributed by atoms with van der Waals surface area (Å²) in [4.78, 5) is 29.1. The summed E-state index contributed by atoms with van der Waals surface area (Å²) < 4.78 is 6.17. The van der Waals surface area contributed by atoms with E-state index in [9.17, 15) is 9.59 Å². The summed E-state index contributed by atoms with van der Waals surface area (Å²) in [5.74, 6) is -0.915. The van der Waals surface area contributed by atoms with Crippen molar-refractivity contribution in [3.05, 3.63) is 78.9 Å². The number of hydrogen-bond acceptors (Lipinski definition) is 5. The van der Waals surface area contributed by atoms with Gasteiger partial charge in [0.05, 0.1) is 5.56 Å². The molecule has 196 valence electrons. The third-order valence-corrected chi connectivity index (χ3v) is 9.32. The average Bonchev–Trinajstić information content (AvgIpc) is 3.49. The average molecular weight is 528 g/mol. The highest BCUT2D eigenvalue weighted by Gasteiger charge is 2.41. The Morgan fingerprint density at radius 1 is 1.13 bits per heavy atom. The molecule has 6 rings (SSSR count). The van der Waals surface area contributed by atoms with Crippen LogP contribution in [0.1, 0.15) is 73.9 Å². The van der Waals surface area contributed by atoms with E-state index in [2.05, 4.69) is 44.7 Å². The van der Waals surface area contributed by atoms with E-state index in [0.717, 1.165) is 57.8 Å². The SMILES string of the molecule is CC(=Cc1ccc(C2=CC=C(c3cc4cc5c6c(c4oc3=O)C(C)(C)CCN6CC(C)(C)C5)C2)s1)C(=O)O. The van der Waals surface area contributed by atoms with Gasteiger partial charge in [0.25, 0.3) is 0 Å². The predicted octanol–water partition coefficient (Wildman–Crippen LogP) is 7.28. The van der Waals surface area contributed by atoms with Crippen molar-refractivity contribution in [3.63, 3.8) is 0 Å².